The molecule has 7 atom stereocenters. The molecule has 6 N–H and O–H groups in total. The van der Waals surface area contributed by atoms with Crippen molar-refractivity contribution in [3.8, 4) is 0 Å². The molecule has 6 fully saturated rings. The van der Waals surface area contributed by atoms with Crippen molar-refractivity contribution < 1.29 is 59.7 Å². The predicted molar refractivity (Wildman–Crippen MR) is 426 cm³/mol. The molecule has 7 unspecified atom stereocenters. The van der Waals surface area contributed by atoms with Crippen LogP contribution in [-0.4, -0.2) is 200 Å². The van der Waals surface area contributed by atoms with Crippen molar-refractivity contribution in [1.82, 2.24) is 30.4 Å². The molecule has 618 valence electrons. The Balaban J connectivity index is 0.000000618. The van der Waals surface area contributed by atoms with Crippen LogP contribution in [0, 0.1) is 11.8 Å². The quantitative estimate of drug-likeness (QED) is 0.0673. The van der Waals surface area contributed by atoms with Crippen molar-refractivity contribution in [3.63, 3.8) is 0 Å². The summed E-state index contributed by atoms with van der Waals surface area (Å²) in [6.45, 7) is 86.7. The third-order valence-corrected chi connectivity index (χ3v) is 24.8. The van der Waals surface area contributed by atoms with E-state index in [9.17, 15) is 31.2 Å². The molecule has 0 radical (unpaired) electrons. The Kier molecular flexibility index (Phi) is 36.7. The molecule has 18 heteroatoms. The first kappa shape index (κ1) is 100. The van der Waals surface area contributed by atoms with E-state index in [0.717, 1.165) is 116 Å². The van der Waals surface area contributed by atoms with Crippen LogP contribution in [-0.2, 0) is 28.4 Å². The van der Waals surface area contributed by atoms with Gasteiger partial charge in [-0.3, -0.25) is 0 Å². The van der Waals surface area contributed by atoms with Crippen LogP contribution in [0.5, 0.6) is 0 Å². The molecule has 6 saturated heterocycles. The summed E-state index contributed by atoms with van der Waals surface area (Å²) in [5.74, 6) is 1.02. The zero-order valence-electron chi connectivity index (χ0n) is 75.4. The maximum atomic E-state index is 10.4. The Morgan fingerprint density at radius 1 is 0.301 bits per heavy atom. The summed E-state index contributed by atoms with van der Waals surface area (Å²) < 4.78 is 37.0. The lowest BCUT2D eigenvalue weighted by molar-refractivity contribution is -0.274. The minimum Gasteiger partial charge on any atom is -0.375 e. The molecule has 6 rings (SSSR count). The number of hydrogen-bond donors (Lipinski definition) is 6. The maximum absolute atomic E-state index is 10.4. The van der Waals surface area contributed by atoms with Gasteiger partial charge in [-0.25, -0.2) is 0 Å². The van der Waals surface area contributed by atoms with Crippen molar-refractivity contribution in [2.45, 2.75) is 538 Å². The Morgan fingerprint density at radius 3 is 0.728 bits per heavy atom. The maximum Gasteiger partial charge on any atom is 0.0653 e. The van der Waals surface area contributed by atoms with Crippen LogP contribution >= 0.6 is 0 Å². The molecule has 6 aliphatic heterocycles. The van der Waals surface area contributed by atoms with Crippen LogP contribution in [0.4, 0.5) is 0 Å². The average Bonchev–Trinajstić information content (AvgIpc) is 0.811. The number of hydrogen-bond acceptors (Lipinski definition) is 18. The second-order valence-electron chi connectivity index (χ2n) is 42.0. The van der Waals surface area contributed by atoms with E-state index in [0.29, 0.717) is 24.0 Å². The summed E-state index contributed by atoms with van der Waals surface area (Å²) in [7, 11) is 0. The molecule has 6 heterocycles. The number of rotatable bonds is 20. The van der Waals surface area contributed by atoms with Crippen LogP contribution in [0.25, 0.3) is 0 Å². The van der Waals surface area contributed by atoms with E-state index in [1.54, 1.807) is 10.1 Å². The van der Waals surface area contributed by atoms with Crippen molar-refractivity contribution in [3.05, 3.63) is 0 Å². The van der Waals surface area contributed by atoms with Gasteiger partial charge in [0.05, 0.1) is 71.7 Å². The van der Waals surface area contributed by atoms with Crippen molar-refractivity contribution in [2.75, 3.05) is 0 Å². The zero-order valence-corrected chi connectivity index (χ0v) is 75.4. The molecule has 18 nitrogen and oxygen atoms in total. The minimum atomic E-state index is -0.237. The van der Waals surface area contributed by atoms with Gasteiger partial charge in [-0.1, -0.05) is 69.2 Å². The molecule has 0 saturated carbocycles. The molecule has 0 aromatic rings. The van der Waals surface area contributed by atoms with Gasteiger partial charge in [0.15, 0.2) is 0 Å². The van der Waals surface area contributed by atoms with Gasteiger partial charge in [-0.2, -0.15) is 30.4 Å². The standard InChI is InChI=1S/2C15H31NO2.3C14H29NO2.C13H27NO2/c1-11(2)15(7,8)18-12-9-13(3,4)16(17)14(5,6)10-12;1-8-14(5,6)18-12-10-13(3,4)16(17)15(7,9-2)11-12;1-10(2)11(3)17-12-8-13(4,5)15(16)14(6,7)9-12;1-8-14(6,7)17-11-9-12(2,3)15(16)13(4,5)10-11;1-7-11(3)17-12-9-13(4,5)15(16)14(6,8-2)10-12;1-7-10(2)16-11-8-12(3,4)14(15)13(5,6)9-11/h11-12,17H,9-10H2,1-8H3;12,17H,8-11H2,1-7H3;10-12,16H,8-9H2,1-7H3;11,16H,8-10H2,1-7H3;11-12,16H,7-10H2,1-6H3;10-11,15H,7-9H2,1-6H3. The van der Waals surface area contributed by atoms with E-state index in [2.05, 4.69) is 284 Å². The van der Waals surface area contributed by atoms with Gasteiger partial charge < -0.3 is 59.7 Å². The lowest BCUT2D eigenvalue weighted by atomic mass is 9.77. The SMILES string of the molecule is CC(C)C(C)(C)OC1CC(C)(C)N(O)C(C)(C)C1.CC(C)C(C)OC1CC(C)(C)N(O)C(C)(C)C1.CCC(C)(C)OC1CC(C)(C)N(O)C(C)(C)C1.CCC(C)(C)OC1CC(C)(C)N(O)C(C)(CC)C1.CCC(C)OC1CC(C)(C)N(O)C(C)(C)C1.CCC(C)OC1CC(C)(C)N(O)C(C)(CC)C1. The van der Waals surface area contributed by atoms with Crippen LogP contribution < -0.4 is 0 Å². The Morgan fingerprint density at radius 2 is 0.505 bits per heavy atom. The van der Waals surface area contributed by atoms with E-state index in [4.69, 9.17) is 28.4 Å². The first-order chi connectivity index (χ1) is 45.9. The van der Waals surface area contributed by atoms with Gasteiger partial charge in [0, 0.05) is 66.5 Å². The average molecular weight is 1470 g/mol. The zero-order chi connectivity index (χ0) is 81.3. The van der Waals surface area contributed by atoms with Gasteiger partial charge in [-0.15, -0.1) is 0 Å². The molecule has 0 aliphatic carbocycles. The summed E-state index contributed by atoms with van der Waals surface area (Å²) in [6, 6.07) is 0. The lowest BCUT2D eigenvalue weighted by Crippen LogP contribution is -2.62. The highest BCUT2D eigenvalue weighted by Crippen LogP contribution is 2.46. The second kappa shape index (κ2) is 37.7. The van der Waals surface area contributed by atoms with Gasteiger partial charge in [0.25, 0.3) is 0 Å². The first-order valence-corrected chi connectivity index (χ1v) is 40.9. The summed E-state index contributed by atoms with van der Waals surface area (Å²) >= 11 is 0. The van der Waals surface area contributed by atoms with Crippen LogP contribution in [0.3, 0.4) is 0 Å². The van der Waals surface area contributed by atoms with Gasteiger partial charge >= 0.3 is 0 Å². The van der Waals surface area contributed by atoms with Crippen molar-refractivity contribution in [2.24, 2.45) is 11.8 Å². The highest BCUT2D eigenvalue weighted by Gasteiger charge is 2.53. The van der Waals surface area contributed by atoms with Gasteiger partial charge in [-0.05, 0) is 342 Å². The number of piperidine rings is 6. The molecule has 0 amide bonds. The number of ether oxygens (including phenoxy) is 6. The molecular formula is C85H176N6O12. The van der Waals surface area contributed by atoms with Crippen molar-refractivity contribution in [1.29, 1.82) is 0 Å². The monoisotopic (exact) mass is 1470 g/mol. The molecule has 0 aromatic heterocycles. The van der Waals surface area contributed by atoms with E-state index < -0.39 is 0 Å². The third kappa shape index (κ3) is 29.4. The van der Waals surface area contributed by atoms with E-state index >= 15 is 0 Å². The lowest BCUT2D eigenvalue weighted by Gasteiger charge is -2.53. The smallest absolute Gasteiger partial charge is 0.0653 e. The fourth-order valence-electron chi connectivity index (χ4n) is 16.8. The van der Waals surface area contributed by atoms with Crippen LogP contribution in [0.1, 0.15) is 399 Å². The summed E-state index contributed by atoms with van der Waals surface area (Å²) in [5, 5.41) is 70.7. The Bertz CT molecular complexity index is 2380. The normalized spacial score (nSPS) is 29.4. The summed E-state index contributed by atoms with van der Waals surface area (Å²) in [4.78, 5) is 0. The summed E-state index contributed by atoms with van der Waals surface area (Å²) in [5.41, 5.74) is -2.83. The highest BCUT2D eigenvalue weighted by atomic mass is 16.6. The third-order valence-electron chi connectivity index (χ3n) is 24.8. The van der Waals surface area contributed by atoms with Crippen LogP contribution in [0.2, 0.25) is 0 Å². The second-order valence-corrected chi connectivity index (χ2v) is 42.0. The number of hydroxylamine groups is 12. The Labute approximate surface area is 636 Å². The van der Waals surface area contributed by atoms with Gasteiger partial charge in [0.2, 0.25) is 0 Å². The minimum absolute atomic E-state index is 0.0749. The number of nitrogens with zero attached hydrogens (tertiary/aromatic N) is 6. The molecule has 0 aromatic carbocycles. The van der Waals surface area contributed by atoms with E-state index in [1.165, 1.54) is 20.3 Å². The molecule has 103 heavy (non-hydrogen) atoms. The molecular weight excluding hydrogens is 1300 g/mol. The molecule has 0 bridgehead atoms. The highest BCUT2D eigenvalue weighted by molar-refractivity contribution is 5.03. The fourth-order valence-corrected chi connectivity index (χ4v) is 16.8. The largest absolute Gasteiger partial charge is 0.375 e. The predicted octanol–water partition coefficient (Wildman–Crippen LogP) is 21.7. The summed E-state index contributed by atoms with van der Waals surface area (Å²) in [6.07, 6.45) is 18.8. The molecule has 0 spiro atoms. The van der Waals surface area contributed by atoms with Gasteiger partial charge in [0.1, 0.15) is 0 Å². The Hall–Kier alpha value is -0.720. The van der Waals surface area contributed by atoms with E-state index in [1.807, 2.05) is 0 Å². The fraction of sp³-hybridized carbons (Fsp3) is 1.00. The first-order valence-electron chi connectivity index (χ1n) is 40.9. The van der Waals surface area contributed by atoms with Crippen molar-refractivity contribution >= 4 is 0 Å². The molecule has 6 aliphatic rings. The topological polar surface area (TPSA) is 196 Å². The van der Waals surface area contributed by atoms with E-state index in [-0.39, 0.29) is 126 Å². The van der Waals surface area contributed by atoms with Crippen LogP contribution in [0.15, 0.2) is 0 Å².